The summed E-state index contributed by atoms with van der Waals surface area (Å²) in [4.78, 5) is 18.0. The lowest BCUT2D eigenvalue weighted by Gasteiger charge is -2.45. The molecule has 1 aromatic carbocycles. The molecule has 0 radical (unpaired) electrons. The molecule has 1 aromatic rings. The summed E-state index contributed by atoms with van der Waals surface area (Å²) in [5.41, 5.74) is 4.23. The SMILES string of the molecule is C=C1C=C[C@]2(NOCc3ccccc3)CC(=O)O[C@@H]2[C@@H]1O[Si](C)(C)C(C)(C)C. The predicted molar refractivity (Wildman–Crippen MR) is 112 cm³/mol. The molecule has 0 amide bonds. The number of esters is 1. The maximum atomic E-state index is 12.2. The lowest BCUT2D eigenvalue weighted by atomic mass is 9.81. The van der Waals surface area contributed by atoms with Gasteiger partial charge in [0.2, 0.25) is 0 Å². The van der Waals surface area contributed by atoms with Crippen molar-refractivity contribution >= 4 is 14.3 Å². The number of nitrogens with one attached hydrogen (secondary N) is 1. The second-order valence-electron chi connectivity index (χ2n) is 9.21. The van der Waals surface area contributed by atoms with Crippen molar-refractivity contribution < 1.29 is 18.8 Å². The highest BCUT2D eigenvalue weighted by Crippen LogP contribution is 2.43. The van der Waals surface area contributed by atoms with Crippen molar-refractivity contribution in [2.45, 2.75) is 69.7 Å². The van der Waals surface area contributed by atoms with Crippen molar-refractivity contribution in [2.75, 3.05) is 0 Å². The van der Waals surface area contributed by atoms with Gasteiger partial charge in [-0.3, -0.25) is 9.63 Å². The zero-order valence-corrected chi connectivity index (χ0v) is 18.5. The first-order chi connectivity index (χ1) is 13.0. The predicted octanol–water partition coefficient (Wildman–Crippen LogP) is 4.28. The van der Waals surface area contributed by atoms with Crippen LogP contribution in [0.1, 0.15) is 32.8 Å². The summed E-state index contributed by atoms with van der Waals surface area (Å²) in [5, 5.41) is 0.0386. The van der Waals surface area contributed by atoms with Gasteiger partial charge in [0.1, 0.15) is 11.6 Å². The van der Waals surface area contributed by atoms with E-state index in [9.17, 15) is 4.79 Å². The Kier molecular flexibility index (Phi) is 5.69. The molecular weight excluding hydrogens is 370 g/mol. The Balaban J connectivity index is 1.79. The average molecular weight is 402 g/mol. The molecule has 3 atom stereocenters. The lowest BCUT2D eigenvalue weighted by Crippen LogP contribution is -2.59. The minimum absolute atomic E-state index is 0.0386. The van der Waals surface area contributed by atoms with E-state index < -0.39 is 20.0 Å². The summed E-state index contributed by atoms with van der Waals surface area (Å²) >= 11 is 0. The summed E-state index contributed by atoms with van der Waals surface area (Å²) in [7, 11) is -2.09. The molecular formula is C22H31NO4Si. The number of rotatable bonds is 6. The van der Waals surface area contributed by atoms with Crippen molar-refractivity contribution in [3.05, 3.63) is 60.2 Å². The van der Waals surface area contributed by atoms with Gasteiger partial charge in [-0.2, -0.15) is 5.48 Å². The Morgan fingerprint density at radius 3 is 2.61 bits per heavy atom. The van der Waals surface area contributed by atoms with Gasteiger partial charge in [-0.15, -0.1) is 0 Å². The van der Waals surface area contributed by atoms with Crippen LogP contribution < -0.4 is 5.48 Å². The molecule has 1 aliphatic carbocycles. The van der Waals surface area contributed by atoms with E-state index in [0.717, 1.165) is 11.1 Å². The molecule has 5 nitrogen and oxygen atoms in total. The van der Waals surface area contributed by atoms with Crippen LogP contribution in [0.4, 0.5) is 0 Å². The average Bonchev–Trinajstić information content (AvgIpc) is 2.94. The fourth-order valence-electron chi connectivity index (χ4n) is 3.25. The molecule has 0 unspecified atom stereocenters. The first-order valence-electron chi connectivity index (χ1n) is 9.72. The van der Waals surface area contributed by atoms with Gasteiger partial charge in [0.25, 0.3) is 0 Å². The number of hydroxylamine groups is 1. The maximum Gasteiger partial charge on any atom is 0.308 e. The molecule has 1 N–H and O–H groups in total. The van der Waals surface area contributed by atoms with E-state index in [0.29, 0.717) is 6.61 Å². The fourth-order valence-corrected chi connectivity index (χ4v) is 4.51. The molecule has 0 saturated carbocycles. The smallest absolute Gasteiger partial charge is 0.308 e. The quantitative estimate of drug-likeness (QED) is 0.438. The zero-order valence-electron chi connectivity index (χ0n) is 17.5. The fraction of sp³-hybridized carbons (Fsp3) is 0.500. The van der Waals surface area contributed by atoms with Crippen LogP contribution in [0.5, 0.6) is 0 Å². The van der Waals surface area contributed by atoms with Crippen molar-refractivity contribution in [1.82, 2.24) is 5.48 Å². The van der Waals surface area contributed by atoms with Crippen molar-refractivity contribution in [3.63, 3.8) is 0 Å². The Morgan fingerprint density at radius 2 is 1.96 bits per heavy atom. The minimum atomic E-state index is -2.09. The zero-order chi connectivity index (χ0) is 20.6. The third-order valence-electron chi connectivity index (χ3n) is 6.01. The Bertz CT molecular complexity index is 768. The summed E-state index contributed by atoms with van der Waals surface area (Å²) in [6.07, 6.45) is 3.18. The van der Waals surface area contributed by atoms with E-state index in [1.165, 1.54) is 0 Å². The van der Waals surface area contributed by atoms with E-state index >= 15 is 0 Å². The van der Waals surface area contributed by atoms with Gasteiger partial charge in [-0.05, 0) is 29.3 Å². The number of carbonyl (C=O) groups excluding carboxylic acids is 1. The molecule has 28 heavy (non-hydrogen) atoms. The van der Waals surface area contributed by atoms with Gasteiger partial charge in [-0.25, -0.2) is 0 Å². The van der Waals surface area contributed by atoms with Crippen LogP contribution in [0, 0.1) is 0 Å². The Hall–Kier alpha value is -1.73. The van der Waals surface area contributed by atoms with Crippen molar-refractivity contribution in [3.8, 4) is 0 Å². The maximum absolute atomic E-state index is 12.2. The third kappa shape index (κ3) is 4.15. The summed E-state index contributed by atoms with van der Waals surface area (Å²) < 4.78 is 12.3. The molecule has 152 valence electrons. The van der Waals surface area contributed by atoms with E-state index in [1.807, 2.05) is 42.5 Å². The molecule has 1 saturated heterocycles. The Labute approximate surface area is 168 Å². The van der Waals surface area contributed by atoms with Gasteiger partial charge < -0.3 is 9.16 Å². The van der Waals surface area contributed by atoms with Gasteiger partial charge >= 0.3 is 5.97 Å². The van der Waals surface area contributed by atoms with Crippen LogP contribution in [0.2, 0.25) is 18.1 Å². The molecule has 2 aliphatic rings. The van der Waals surface area contributed by atoms with Gasteiger partial charge in [-0.1, -0.05) is 69.8 Å². The van der Waals surface area contributed by atoms with Crippen LogP contribution in [0.25, 0.3) is 0 Å². The second-order valence-corrected chi connectivity index (χ2v) is 14.0. The topological polar surface area (TPSA) is 56.8 Å². The molecule has 1 heterocycles. The van der Waals surface area contributed by atoms with Crippen molar-refractivity contribution in [2.24, 2.45) is 0 Å². The second kappa shape index (κ2) is 7.59. The highest BCUT2D eigenvalue weighted by atomic mass is 28.4. The highest BCUT2D eigenvalue weighted by molar-refractivity contribution is 6.74. The number of benzene rings is 1. The van der Waals surface area contributed by atoms with Crippen molar-refractivity contribution in [1.29, 1.82) is 0 Å². The highest BCUT2D eigenvalue weighted by Gasteiger charge is 2.56. The molecule has 6 heteroatoms. The van der Waals surface area contributed by atoms with E-state index in [2.05, 4.69) is 45.9 Å². The van der Waals surface area contributed by atoms with Gasteiger partial charge in [0.15, 0.2) is 14.4 Å². The van der Waals surface area contributed by atoms with E-state index in [4.69, 9.17) is 14.0 Å². The summed E-state index contributed by atoms with van der Waals surface area (Å²) in [6.45, 7) is 15.5. The number of fused-ring (bicyclic) bond motifs is 1. The van der Waals surface area contributed by atoms with Crippen LogP contribution in [-0.4, -0.2) is 32.0 Å². The largest absolute Gasteiger partial charge is 0.457 e. The number of carbonyl (C=O) groups is 1. The first-order valence-corrected chi connectivity index (χ1v) is 12.6. The van der Waals surface area contributed by atoms with Crippen LogP contribution in [0.15, 0.2) is 54.6 Å². The summed E-state index contributed by atoms with van der Waals surface area (Å²) in [5.74, 6) is -0.260. The molecule has 0 spiro atoms. The molecule has 0 aromatic heterocycles. The van der Waals surface area contributed by atoms with E-state index in [1.54, 1.807) is 0 Å². The normalized spacial score (nSPS) is 27.6. The molecule has 0 bridgehead atoms. The minimum Gasteiger partial charge on any atom is -0.457 e. The van der Waals surface area contributed by atoms with Crippen LogP contribution in [0.3, 0.4) is 0 Å². The van der Waals surface area contributed by atoms with E-state index in [-0.39, 0.29) is 23.5 Å². The van der Waals surface area contributed by atoms with Crippen LogP contribution in [-0.2, 0) is 25.4 Å². The first kappa shape index (κ1) is 21.0. The third-order valence-corrected chi connectivity index (χ3v) is 10.5. The number of hydrogen-bond donors (Lipinski definition) is 1. The Morgan fingerprint density at radius 1 is 1.29 bits per heavy atom. The van der Waals surface area contributed by atoms with Crippen LogP contribution >= 0.6 is 0 Å². The molecule has 3 rings (SSSR count). The lowest BCUT2D eigenvalue weighted by molar-refractivity contribution is -0.145. The monoisotopic (exact) mass is 401 g/mol. The summed E-state index contributed by atoms with van der Waals surface area (Å²) in [6, 6.07) is 9.89. The van der Waals surface area contributed by atoms with Gasteiger partial charge in [0, 0.05) is 0 Å². The number of hydrogen-bond acceptors (Lipinski definition) is 5. The number of ether oxygens (including phenoxy) is 1. The standard InChI is InChI=1S/C22H31NO4Si/c1-16-12-13-22(23-25-15-17-10-8-7-9-11-17)14-18(24)26-20(22)19(16)27-28(5,6)21(2,3)4/h7-13,19-20,23H,1,14-15H2,2-6H3/t19-,20-,22+/m1/s1. The molecule has 1 fully saturated rings. The van der Waals surface area contributed by atoms with Gasteiger partial charge in [0.05, 0.1) is 13.0 Å². The molecule has 1 aliphatic heterocycles.